The number of rotatable bonds is 5. The third kappa shape index (κ3) is 3.43. The number of aliphatic hydroxyl groups is 1. The molecule has 31 heavy (non-hydrogen) atoms. The number of aliphatic hydroxyl groups excluding tert-OH is 1. The van der Waals surface area contributed by atoms with Gasteiger partial charge in [0, 0.05) is 0 Å². The first kappa shape index (κ1) is 23.6. The first-order valence-corrected chi connectivity index (χ1v) is 13.5. The Bertz CT molecular complexity index is 746. The number of fused-ring (bicyclic) bond motifs is 4. The fourth-order valence-corrected chi connectivity index (χ4v) is 9.16. The van der Waals surface area contributed by atoms with E-state index in [0.717, 1.165) is 18.3 Å². The molecule has 4 aliphatic rings. The summed E-state index contributed by atoms with van der Waals surface area (Å²) in [5, 5.41) is 10.6. The monoisotopic (exact) mass is 426 g/mol. The molecule has 4 rings (SSSR count). The van der Waals surface area contributed by atoms with Crippen LogP contribution in [-0.2, 0) is 0 Å². The molecule has 1 nitrogen and oxygen atoms in total. The topological polar surface area (TPSA) is 20.2 Å². The third-order valence-corrected chi connectivity index (χ3v) is 11.8. The van der Waals surface area contributed by atoms with Crippen molar-refractivity contribution in [1.82, 2.24) is 0 Å². The first-order valence-electron chi connectivity index (χ1n) is 13.5. The molecule has 0 aromatic carbocycles. The molecule has 0 amide bonds. The lowest BCUT2D eigenvalue weighted by Crippen LogP contribution is -2.51. The maximum Gasteiger partial charge on any atom is 0.0569 e. The minimum absolute atomic E-state index is 0.0815. The van der Waals surface area contributed by atoms with E-state index in [1.54, 1.807) is 0 Å². The summed E-state index contributed by atoms with van der Waals surface area (Å²) in [7, 11) is 0. The first-order chi connectivity index (χ1) is 14.5. The van der Waals surface area contributed by atoms with Crippen LogP contribution in [0.25, 0.3) is 0 Å². The average Bonchev–Trinajstić information content (AvgIpc) is 3.00. The minimum Gasteiger partial charge on any atom is -0.393 e. The zero-order chi connectivity index (χ0) is 22.8. The molecule has 0 radical (unpaired) electrons. The van der Waals surface area contributed by atoms with Gasteiger partial charge in [0.15, 0.2) is 0 Å². The highest BCUT2D eigenvalue weighted by Crippen LogP contribution is 2.71. The van der Waals surface area contributed by atoms with Crippen molar-refractivity contribution < 1.29 is 5.11 Å². The van der Waals surface area contributed by atoms with Gasteiger partial charge >= 0.3 is 0 Å². The van der Waals surface area contributed by atoms with Crippen LogP contribution < -0.4 is 0 Å². The van der Waals surface area contributed by atoms with Crippen molar-refractivity contribution in [3.63, 3.8) is 0 Å². The van der Waals surface area contributed by atoms with E-state index in [1.165, 1.54) is 63.4 Å². The largest absolute Gasteiger partial charge is 0.393 e. The fraction of sp³-hybridized carbons (Fsp3) is 0.867. The van der Waals surface area contributed by atoms with Gasteiger partial charge in [-0.05, 0) is 110 Å². The fourth-order valence-electron chi connectivity index (χ4n) is 9.16. The van der Waals surface area contributed by atoms with Gasteiger partial charge in [0.1, 0.15) is 0 Å². The summed E-state index contributed by atoms with van der Waals surface area (Å²) in [5.41, 5.74) is 6.35. The standard InChI is InChI=1S/C30H50O/c1-19(2)20(3)9-10-21(4)23-13-17-30(8)26-12-11-24-22(5)27(31)15-16-28(24,6)25(26)14-18-29(23,30)7/h19,21-24,27,31H,3,9-18H2,1-2,4-8H3/t21?,22-,23?,24?,27?,28?,29?,30-/m0/s1. The Kier molecular flexibility index (Phi) is 6.11. The van der Waals surface area contributed by atoms with Crippen molar-refractivity contribution in [1.29, 1.82) is 0 Å². The van der Waals surface area contributed by atoms with E-state index < -0.39 is 0 Å². The zero-order valence-electron chi connectivity index (χ0n) is 21.7. The highest BCUT2D eigenvalue weighted by atomic mass is 16.3. The van der Waals surface area contributed by atoms with E-state index in [0.29, 0.717) is 34.0 Å². The zero-order valence-corrected chi connectivity index (χ0v) is 21.7. The molecule has 0 saturated heterocycles. The smallest absolute Gasteiger partial charge is 0.0569 e. The van der Waals surface area contributed by atoms with Gasteiger partial charge in [-0.1, -0.05) is 71.8 Å². The Labute approximate surface area is 193 Å². The van der Waals surface area contributed by atoms with Gasteiger partial charge in [0.25, 0.3) is 0 Å². The second-order valence-electron chi connectivity index (χ2n) is 13.2. The molecular formula is C30H50O. The van der Waals surface area contributed by atoms with E-state index in [-0.39, 0.29) is 6.10 Å². The van der Waals surface area contributed by atoms with Crippen molar-refractivity contribution in [3.05, 3.63) is 23.3 Å². The summed E-state index contributed by atoms with van der Waals surface area (Å²) in [6.45, 7) is 21.7. The van der Waals surface area contributed by atoms with Crippen molar-refractivity contribution in [2.45, 2.75) is 119 Å². The van der Waals surface area contributed by atoms with Gasteiger partial charge in [-0.3, -0.25) is 0 Å². The molecule has 2 fully saturated rings. The van der Waals surface area contributed by atoms with Crippen LogP contribution in [0.2, 0.25) is 0 Å². The highest BCUT2D eigenvalue weighted by Gasteiger charge is 2.62. The predicted octanol–water partition coefficient (Wildman–Crippen LogP) is 8.34. The van der Waals surface area contributed by atoms with Crippen LogP contribution in [0.15, 0.2) is 23.3 Å². The molecule has 0 aliphatic heterocycles. The van der Waals surface area contributed by atoms with Crippen LogP contribution in [0.3, 0.4) is 0 Å². The molecule has 0 aromatic heterocycles. The summed E-state index contributed by atoms with van der Waals surface area (Å²) >= 11 is 0. The van der Waals surface area contributed by atoms with Gasteiger partial charge in [-0.25, -0.2) is 0 Å². The summed E-state index contributed by atoms with van der Waals surface area (Å²) in [6.07, 6.45) is 12.7. The number of hydrogen-bond donors (Lipinski definition) is 1. The van der Waals surface area contributed by atoms with E-state index in [9.17, 15) is 5.11 Å². The number of hydrogen-bond acceptors (Lipinski definition) is 1. The van der Waals surface area contributed by atoms with Crippen LogP contribution in [0.4, 0.5) is 0 Å². The van der Waals surface area contributed by atoms with E-state index in [2.05, 4.69) is 55.0 Å². The molecule has 8 atom stereocenters. The average molecular weight is 427 g/mol. The van der Waals surface area contributed by atoms with Crippen LogP contribution in [-0.4, -0.2) is 11.2 Å². The van der Waals surface area contributed by atoms with Crippen LogP contribution in [0.1, 0.15) is 113 Å². The summed E-state index contributed by atoms with van der Waals surface area (Å²) in [5.74, 6) is 3.40. The van der Waals surface area contributed by atoms with Crippen LogP contribution >= 0.6 is 0 Å². The van der Waals surface area contributed by atoms with E-state index in [1.807, 2.05) is 11.1 Å². The lowest BCUT2D eigenvalue weighted by atomic mass is 9.45. The lowest BCUT2D eigenvalue weighted by Gasteiger charge is -2.60. The Balaban J connectivity index is 1.60. The molecule has 2 saturated carbocycles. The molecule has 0 heterocycles. The van der Waals surface area contributed by atoms with Gasteiger partial charge < -0.3 is 5.11 Å². The van der Waals surface area contributed by atoms with Gasteiger partial charge in [0.05, 0.1) is 6.10 Å². The van der Waals surface area contributed by atoms with Crippen molar-refractivity contribution in [2.24, 2.45) is 45.8 Å². The number of allylic oxidation sites excluding steroid dienone is 3. The quantitative estimate of drug-likeness (QED) is 0.438. The second-order valence-corrected chi connectivity index (χ2v) is 13.2. The van der Waals surface area contributed by atoms with Gasteiger partial charge in [0.2, 0.25) is 0 Å². The molecule has 4 aliphatic carbocycles. The van der Waals surface area contributed by atoms with E-state index in [4.69, 9.17) is 0 Å². The maximum atomic E-state index is 10.6. The van der Waals surface area contributed by atoms with Crippen molar-refractivity contribution >= 4 is 0 Å². The summed E-state index contributed by atoms with van der Waals surface area (Å²) < 4.78 is 0. The molecule has 6 unspecified atom stereocenters. The van der Waals surface area contributed by atoms with Gasteiger partial charge in [-0.2, -0.15) is 0 Å². The molecule has 0 spiro atoms. The van der Waals surface area contributed by atoms with E-state index >= 15 is 0 Å². The van der Waals surface area contributed by atoms with Crippen molar-refractivity contribution in [3.8, 4) is 0 Å². The van der Waals surface area contributed by atoms with Crippen LogP contribution in [0.5, 0.6) is 0 Å². The predicted molar refractivity (Wildman–Crippen MR) is 133 cm³/mol. The Hall–Kier alpha value is -0.560. The van der Waals surface area contributed by atoms with Crippen molar-refractivity contribution in [2.75, 3.05) is 0 Å². The Morgan fingerprint density at radius 2 is 1.71 bits per heavy atom. The highest BCUT2D eigenvalue weighted by molar-refractivity contribution is 5.38. The molecule has 176 valence electrons. The molecule has 1 heteroatoms. The summed E-state index contributed by atoms with van der Waals surface area (Å²) in [6, 6.07) is 0. The normalized spacial score (nSPS) is 45.8. The minimum atomic E-state index is -0.0815. The molecule has 0 bridgehead atoms. The molecular weight excluding hydrogens is 376 g/mol. The van der Waals surface area contributed by atoms with Crippen LogP contribution in [0, 0.1) is 45.8 Å². The third-order valence-electron chi connectivity index (χ3n) is 11.8. The lowest BCUT2D eigenvalue weighted by molar-refractivity contribution is -0.0413. The summed E-state index contributed by atoms with van der Waals surface area (Å²) in [4.78, 5) is 0. The SMILES string of the molecule is C=C(CCC(C)C1CC[C@@]2(C)C3=C(CCC12C)C1(C)CCC(O)[C@@H](C)C1CC3)C(C)C. The Morgan fingerprint density at radius 3 is 2.39 bits per heavy atom. The molecule has 0 aromatic rings. The maximum absolute atomic E-state index is 10.6. The Morgan fingerprint density at radius 1 is 1.00 bits per heavy atom. The second kappa shape index (κ2) is 8.03. The van der Waals surface area contributed by atoms with Gasteiger partial charge in [-0.15, -0.1) is 0 Å². The molecule has 1 N–H and O–H groups in total.